The van der Waals surface area contributed by atoms with E-state index in [1.54, 1.807) is 6.20 Å². The van der Waals surface area contributed by atoms with Crippen LogP contribution in [0.2, 0.25) is 0 Å². The van der Waals surface area contributed by atoms with Gasteiger partial charge in [-0.3, -0.25) is 9.78 Å². The van der Waals surface area contributed by atoms with Crippen LogP contribution >= 0.6 is 0 Å². The van der Waals surface area contributed by atoms with Crippen LogP contribution in [0.15, 0.2) is 18.3 Å². The first-order valence-electron chi connectivity index (χ1n) is 3.41. The number of nitrogens with one attached hydrogen (secondary N) is 1. The minimum absolute atomic E-state index is 0.504. The van der Waals surface area contributed by atoms with Crippen LogP contribution in [0.4, 0.5) is 0 Å². The highest BCUT2D eigenvalue weighted by Gasteiger charge is 1.90. The van der Waals surface area contributed by atoms with Crippen molar-refractivity contribution in [3.63, 3.8) is 0 Å². The summed E-state index contributed by atoms with van der Waals surface area (Å²) < 4.78 is 0. The van der Waals surface area contributed by atoms with Gasteiger partial charge < -0.3 is 5.32 Å². The fourth-order valence-corrected chi connectivity index (χ4v) is 0.749. The summed E-state index contributed by atoms with van der Waals surface area (Å²) in [4.78, 5) is 14.0. The van der Waals surface area contributed by atoms with Crippen molar-refractivity contribution < 1.29 is 4.79 Å². The Kier molecular flexibility index (Phi) is 2.60. The zero-order chi connectivity index (χ0) is 8.10. The first-order chi connectivity index (χ1) is 5.33. The van der Waals surface area contributed by atoms with Gasteiger partial charge in [0, 0.05) is 6.20 Å². The van der Waals surface area contributed by atoms with Gasteiger partial charge in [0.25, 0.3) is 0 Å². The molecule has 3 heteroatoms. The van der Waals surface area contributed by atoms with Gasteiger partial charge in [-0.05, 0) is 18.6 Å². The van der Waals surface area contributed by atoms with E-state index in [1.165, 1.54) is 0 Å². The molecular formula is C8H10N2O. The molecule has 0 bridgehead atoms. The lowest BCUT2D eigenvalue weighted by Gasteiger charge is -1.97. The van der Waals surface area contributed by atoms with Crippen LogP contribution in [0.25, 0.3) is 0 Å². The summed E-state index contributed by atoms with van der Waals surface area (Å²) in [5.74, 6) is 0. The highest BCUT2D eigenvalue weighted by Crippen LogP contribution is 1.96. The number of rotatable bonds is 3. The molecule has 0 fully saturated rings. The third-order valence-electron chi connectivity index (χ3n) is 1.34. The molecule has 0 atom stereocenters. The average molecular weight is 150 g/mol. The van der Waals surface area contributed by atoms with Crippen molar-refractivity contribution in [1.82, 2.24) is 10.3 Å². The Bertz CT molecular complexity index is 230. The minimum Gasteiger partial charge on any atom is -0.353 e. The fraction of sp³-hybridized carbons (Fsp3) is 0.250. The van der Waals surface area contributed by atoms with Gasteiger partial charge in [0.05, 0.1) is 12.2 Å². The van der Waals surface area contributed by atoms with Crippen LogP contribution in [-0.2, 0) is 11.3 Å². The van der Waals surface area contributed by atoms with E-state index in [9.17, 15) is 4.79 Å². The average Bonchev–Trinajstić information content (AvgIpc) is 2.04. The molecule has 0 aliphatic heterocycles. The standard InChI is InChI=1S/C8H10N2O/c1-7-2-3-8(10-4-7)5-9-6-11/h2-4,6H,5H2,1H3,(H,9,11). The van der Waals surface area contributed by atoms with Crippen molar-refractivity contribution in [2.24, 2.45) is 0 Å². The van der Waals surface area contributed by atoms with Gasteiger partial charge in [0.1, 0.15) is 0 Å². The molecule has 11 heavy (non-hydrogen) atoms. The van der Waals surface area contributed by atoms with Crippen LogP contribution in [0.3, 0.4) is 0 Å². The fourth-order valence-electron chi connectivity index (χ4n) is 0.749. The van der Waals surface area contributed by atoms with E-state index in [0.29, 0.717) is 13.0 Å². The van der Waals surface area contributed by atoms with Gasteiger partial charge in [0.15, 0.2) is 0 Å². The van der Waals surface area contributed by atoms with E-state index >= 15 is 0 Å². The SMILES string of the molecule is Cc1ccc(CNC=O)nc1. The molecular weight excluding hydrogens is 140 g/mol. The van der Waals surface area contributed by atoms with Crippen molar-refractivity contribution in [3.8, 4) is 0 Å². The lowest BCUT2D eigenvalue weighted by molar-refractivity contribution is -0.109. The smallest absolute Gasteiger partial charge is 0.207 e. The molecule has 1 heterocycles. The maximum Gasteiger partial charge on any atom is 0.207 e. The summed E-state index contributed by atoms with van der Waals surface area (Å²) in [6.07, 6.45) is 2.45. The van der Waals surface area contributed by atoms with E-state index in [1.807, 2.05) is 19.1 Å². The first kappa shape index (κ1) is 7.72. The van der Waals surface area contributed by atoms with Gasteiger partial charge in [-0.15, -0.1) is 0 Å². The molecule has 1 rings (SSSR count). The van der Waals surface area contributed by atoms with E-state index in [-0.39, 0.29) is 0 Å². The monoisotopic (exact) mass is 150 g/mol. The molecule has 0 radical (unpaired) electrons. The Morgan fingerprint density at radius 1 is 1.64 bits per heavy atom. The molecule has 1 amide bonds. The molecule has 1 aromatic rings. The van der Waals surface area contributed by atoms with Crippen molar-refractivity contribution >= 4 is 6.41 Å². The first-order valence-corrected chi connectivity index (χ1v) is 3.41. The molecule has 0 spiro atoms. The van der Waals surface area contributed by atoms with Crippen molar-refractivity contribution in [2.45, 2.75) is 13.5 Å². The molecule has 58 valence electrons. The number of aryl methyl sites for hydroxylation is 1. The molecule has 0 unspecified atom stereocenters. The number of amides is 1. The summed E-state index contributed by atoms with van der Waals surface area (Å²) in [5, 5.41) is 2.54. The van der Waals surface area contributed by atoms with Crippen LogP contribution in [-0.4, -0.2) is 11.4 Å². The van der Waals surface area contributed by atoms with Crippen molar-refractivity contribution in [1.29, 1.82) is 0 Å². The zero-order valence-electron chi connectivity index (χ0n) is 6.37. The molecule has 0 saturated carbocycles. The summed E-state index contributed by atoms with van der Waals surface area (Å²) >= 11 is 0. The normalized spacial score (nSPS) is 9.18. The minimum atomic E-state index is 0.504. The Morgan fingerprint density at radius 3 is 3.00 bits per heavy atom. The molecule has 3 nitrogen and oxygen atoms in total. The number of carbonyl (C=O) groups is 1. The van der Waals surface area contributed by atoms with Crippen LogP contribution in [0.5, 0.6) is 0 Å². The zero-order valence-corrected chi connectivity index (χ0v) is 6.37. The second kappa shape index (κ2) is 3.71. The number of carbonyl (C=O) groups excluding carboxylic acids is 1. The Balaban J connectivity index is 2.58. The lowest BCUT2D eigenvalue weighted by Crippen LogP contribution is -2.10. The van der Waals surface area contributed by atoms with E-state index < -0.39 is 0 Å². The predicted octanol–water partition coefficient (Wildman–Crippen LogP) is 0.636. The molecule has 0 aliphatic rings. The van der Waals surface area contributed by atoms with Gasteiger partial charge in [0.2, 0.25) is 6.41 Å². The highest BCUT2D eigenvalue weighted by atomic mass is 16.1. The van der Waals surface area contributed by atoms with E-state index in [4.69, 9.17) is 0 Å². The number of pyridine rings is 1. The Hall–Kier alpha value is -1.38. The van der Waals surface area contributed by atoms with Crippen molar-refractivity contribution in [3.05, 3.63) is 29.6 Å². The third kappa shape index (κ3) is 2.37. The summed E-state index contributed by atoms with van der Waals surface area (Å²) in [6.45, 7) is 2.48. The molecule has 1 N–H and O–H groups in total. The van der Waals surface area contributed by atoms with E-state index in [0.717, 1.165) is 11.3 Å². The Morgan fingerprint density at radius 2 is 2.45 bits per heavy atom. The third-order valence-corrected chi connectivity index (χ3v) is 1.34. The van der Waals surface area contributed by atoms with Crippen LogP contribution in [0.1, 0.15) is 11.3 Å². The Labute approximate surface area is 65.5 Å². The molecule has 0 aromatic carbocycles. The number of hydrogen-bond acceptors (Lipinski definition) is 2. The summed E-state index contributed by atoms with van der Waals surface area (Å²) in [5.41, 5.74) is 2.00. The molecule has 0 saturated heterocycles. The molecule has 1 aromatic heterocycles. The predicted molar refractivity (Wildman–Crippen MR) is 41.9 cm³/mol. The quantitative estimate of drug-likeness (QED) is 0.642. The number of aromatic nitrogens is 1. The topological polar surface area (TPSA) is 42.0 Å². The van der Waals surface area contributed by atoms with E-state index in [2.05, 4.69) is 10.3 Å². The van der Waals surface area contributed by atoms with Crippen molar-refractivity contribution in [2.75, 3.05) is 0 Å². The van der Waals surface area contributed by atoms with Gasteiger partial charge >= 0.3 is 0 Å². The maximum absolute atomic E-state index is 9.91. The lowest BCUT2D eigenvalue weighted by atomic mass is 10.3. The van der Waals surface area contributed by atoms with Crippen LogP contribution in [0, 0.1) is 6.92 Å². The maximum atomic E-state index is 9.91. The second-order valence-electron chi connectivity index (χ2n) is 2.33. The van der Waals surface area contributed by atoms with Gasteiger partial charge in [-0.1, -0.05) is 6.07 Å². The largest absolute Gasteiger partial charge is 0.353 e. The number of hydrogen-bond donors (Lipinski definition) is 1. The summed E-state index contributed by atoms with van der Waals surface area (Å²) in [7, 11) is 0. The molecule has 0 aliphatic carbocycles. The summed E-state index contributed by atoms with van der Waals surface area (Å²) in [6, 6.07) is 3.86. The number of nitrogens with zero attached hydrogens (tertiary/aromatic N) is 1. The van der Waals surface area contributed by atoms with Crippen LogP contribution < -0.4 is 5.32 Å². The van der Waals surface area contributed by atoms with Gasteiger partial charge in [-0.2, -0.15) is 0 Å². The second-order valence-corrected chi connectivity index (χ2v) is 2.33. The van der Waals surface area contributed by atoms with Gasteiger partial charge in [-0.25, -0.2) is 0 Å². The highest BCUT2D eigenvalue weighted by molar-refractivity contribution is 5.45.